The van der Waals surface area contributed by atoms with E-state index < -0.39 is 0 Å². The number of nitrogens with one attached hydrogen (secondary N) is 1. The maximum atomic E-state index is 4.65. The van der Waals surface area contributed by atoms with E-state index in [1.807, 2.05) is 4.68 Å². The Kier molecular flexibility index (Phi) is 4.90. The molecule has 4 nitrogen and oxygen atoms in total. The summed E-state index contributed by atoms with van der Waals surface area (Å²) in [6.45, 7) is 9.48. The van der Waals surface area contributed by atoms with E-state index >= 15 is 0 Å². The highest BCUT2D eigenvalue weighted by molar-refractivity contribution is 5.42. The van der Waals surface area contributed by atoms with Gasteiger partial charge in [0.15, 0.2) is 5.82 Å². The molecule has 1 heterocycles. The van der Waals surface area contributed by atoms with Crippen molar-refractivity contribution in [2.45, 2.75) is 46.6 Å². The van der Waals surface area contributed by atoms with Gasteiger partial charge in [0.25, 0.3) is 0 Å². The van der Waals surface area contributed by atoms with Crippen molar-refractivity contribution >= 4 is 0 Å². The van der Waals surface area contributed by atoms with E-state index in [0.717, 1.165) is 36.7 Å². The van der Waals surface area contributed by atoms with Gasteiger partial charge in [0.05, 0.1) is 5.69 Å². The van der Waals surface area contributed by atoms with E-state index in [9.17, 15) is 0 Å². The van der Waals surface area contributed by atoms with Crippen LogP contribution < -0.4 is 5.32 Å². The molecule has 2 rings (SSSR count). The molecule has 4 heteroatoms. The Labute approximate surface area is 121 Å². The second-order valence-corrected chi connectivity index (χ2v) is 4.90. The minimum atomic E-state index is 0.301. The molecule has 0 saturated heterocycles. The molecule has 0 fully saturated rings. The Morgan fingerprint density at radius 2 is 1.90 bits per heavy atom. The average Bonchev–Trinajstić information content (AvgIpc) is 2.90. The lowest BCUT2D eigenvalue weighted by Crippen LogP contribution is -2.20. The van der Waals surface area contributed by atoms with Crippen LogP contribution in [0, 0.1) is 0 Å². The number of aromatic nitrogens is 3. The fourth-order valence-corrected chi connectivity index (χ4v) is 2.43. The third-order valence-electron chi connectivity index (χ3n) is 3.49. The lowest BCUT2D eigenvalue weighted by atomic mass is 10.1. The number of rotatable bonds is 6. The van der Waals surface area contributed by atoms with Crippen LogP contribution in [0.1, 0.15) is 50.9 Å². The van der Waals surface area contributed by atoms with Gasteiger partial charge in [-0.15, -0.1) is 0 Å². The first-order chi connectivity index (χ1) is 9.71. The van der Waals surface area contributed by atoms with Crippen molar-refractivity contribution in [2.24, 2.45) is 0 Å². The second kappa shape index (κ2) is 6.66. The molecule has 0 amide bonds. The number of benzene rings is 1. The zero-order valence-electron chi connectivity index (χ0n) is 12.8. The summed E-state index contributed by atoms with van der Waals surface area (Å²) in [6.07, 6.45) is 1.75. The lowest BCUT2D eigenvalue weighted by molar-refractivity contribution is 0.591. The Balaban J connectivity index is 2.49. The zero-order valence-corrected chi connectivity index (χ0v) is 12.8. The normalized spacial score (nSPS) is 12.6. The average molecular weight is 272 g/mol. The zero-order chi connectivity index (χ0) is 14.5. The summed E-state index contributed by atoms with van der Waals surface area (Å²) in [5.41, 5.74) is 2.39. The predicted molar refractivity (Wildman–Crippen MR) is 82.2 cm³/mol. The van der Waals surface area contributed by atoms with Crippen molar-refractivity contribution in [3.8, 4) is 5.69 Å². The van der Waals surface area contributed by atoms with Crippen LogP contribution in [0.5, 0.6) is 0 Å². The summed E-state index contributed by atoms with van der Waals surface area (Å²) < 4.78 is 2.00. The van der Waals surface area contributed by atoms with E-state index in [1.54, 1.807) is 0 Å². The molecule has 0 saturated carbocycles. The SMILES string of the molecule is CCNC(C)c1ccccc1-n1nc(CC)nc1CC. The summed E-state index contributed by atoms with van der Waals surface area (Å²) in [4.78, 5) is 4.60. The predicted octanol–water partition coefficient (Wildman–Crippen LogP) is 3.06. The molecule has 1 aromatic carbocycles. The van der Waals surface area contributed by atoms with Crippen molar-refractivity contribution in [2.75, 3.05) is 6.54 Å². The molecule has 0 radical (unpaired) electrons. The van der Waals surface area contributed by atoms with Crippen molar-refractivity contribution in [1.82, 2.24) is 20.1 Å². The Bertz CT molecular complexity index is 559. The molecule has 0 aliphatic rings. The third kappa shape index (κ3) is 2.90. The van der Waals surface area contributed by atoms with Crippen LogP contribution in [0.4, 0.5) is 0 Å². The van der Waals surface area contributed by atoms with E-state index in [-0.39, 0.29) is 0 Å². The minimum absolute atomic E-state index is 0.301. The first-order valence-corrected chi connectivity index (χ1v) is 7.48. The van der Waals surface area contributed by atoms with E-state index in [0.29, 0.717) is 6.04 Å². The number of hydrogen-bond acceptors (Lipinski definition) is 3. The first-order valence-electron chi connectivity index (χ1n) is 7.48. The van der Waals surface area contributed by atoms with Gasteiger partial charge in [-0.2, -0.15) is 5.10 Å². The largest absolute Gasteiger partial charge is 0.310 e. The summed E-state index contributed by atoms with van der Waals surface area (Å²) >= 11 is 0. The van der Waals surface area contributed by atoms with Gasteiger partial charge < -0.3 is 5.32 Å². The van der Waals surface area contributed by atoms with Crippen LogP contribution in [0.3, 0.4) is 0 Å². The van der Waals surface area contributed by atoms with E-state index in [4.69, 9.17) is 0 Å². The molecule has 20 heavy (non-hydrogen) atoms. The molecule has 1 atom stereocenters. The number of hydrogen-bond donors (Lipinski definition) is 1. The Morgan fingerprint density at radius 1 is 1.15 bits per heavy atom. The van der Waals surface area contributed by atoms with Gasteiger partial charge in [-0.05, 0) is 25.1 Å². The lowest BCUT2D eigenvalue weighted by Gasteiger charge is -2.17. The molecule has 0 spiro atoms. The van der Waals surface area contributed by atoms with Crippen LogP contribution in [0.25, 0.3) is 5.69 Å². The number of nitrogens with zero attached hydrogens (tertiary/aromatic N) is 3. The fraction of sp³-hybridized carbons (Fsp3) is 0.500. The molecule has 0 aliphatic carbocycles. The topological polar surface area (TPSA) is 42.7 Å². The first kappa shape index (κ1) is 14.7. The molecular formula is C16H24N4. The van der Waals surface area contributed by atoms with Crippen LogP contribution in [0.2, 0.25) is 0 Å². The molecule has 0 aliphatic heterocycles. The fourth-order valence-electron chi connectivity index (χ4n) is 2.43. The van der Waals surface area contributed by atoms with Crippen LogP contribution in [0.15, 0.2) is 24.3 Å². The number of para-hydroxylation sites is 1. The molecule has 1 unspecified atom stereocenters. The van der Waals surface area contributed by atoms with Crippen LogP contribution >= 0.6 is 0 Å². The molecule has 2 aromatic rings. The molecule has 0 bridgehead atoms. The van der Waals surface area contributed by atoms with Crippen LogP contribution in [-0.4, -0.2) is 21.3 Å². The highest BCUT2D eigenvalue weighted by Crippen LogP contribution is 2.22. The monoisotopic (exact) mass is 272 g/mol. The van der Waals surface area contributed by atoms with Crippen molar-refractivity contribution < 1.29 is 0 Å². The van der Waals surface area contributed by atoms with E-state index in [1.165, 1.54) is 5.56 Å². The van der Waals surface area contributed by atoms with Crippen molar-refractivity contribution in [3.05, 3.63) is 41.5 Å². The molecule has 108 valence electrons. The van der Waals surface area contributed by atoms with Gasteiger partial charge in [0.1, 0.15) is 5.82 Å². The summed E-state index contributed by atoms with van der Waals surface area (Å²) in [5, 5.41) is 8.12. The third-order valence-corrected chi connectivity index (χ3v) is 3.49. The highest BCUT2D eigenvalue weighted by atomic mass is 15.4. The summed E-state index contributed by atoms with van der Waals surface area (Å²) in [5.74, 6) is 1.94. The van der Waals surface area contributed by atoms with Gasteiger partial charge in [0.2, 0.25) is 0 Å². The van der Waals surface area contributed by atoms with Crippen LogP contribution in [-0.2, 0) is 12.8 Å². The van der Waals surface area contributed by atoms with Gasteiger partial charge in [-0.25, -0.2) is 9.67 Å². The standard InChI is InChI=1S/C16H24N4/c1-5-15-18-16(6-2)20(19-15)14-11-9-8-10-13(14)12(4)17-7-3/h8-12,17H,5-7H2,1-4H3. The van der Waals surface area contributed by atoms with Gasteiger partial charge in [0, 0.05) is 18.9 Å². The molecular weight excluding hydrogens is 248 g/mol. The van der Waals surface area contributed by atoms with Gasteiger partial charge in [-0.3, -0.25) is 0 Å². The van der Waals surface area contributed by atoms with Crippen molar-refractivity contribution in [3.63, 3.8) is 0 Å². The summed E-state index contributed by atoms with van der Waals surface area (Å²) in [7, 11) is 0. The second-order valence-electron chi connectivity index (χ2n) is 4.90. The minimum Gasteiger partial charge on any atom is -0.310 e. The highest BCUT2D eigenvalue weighted by Gasteiger charge is 2.15. The van der Waals surface area contributed by atoms with E-state index in [2.05, 4.69) is 67.4 Å². The van der Waals surface area contributed by atoms with Gasteiger partial charge in [-0.1, -0.05) is 39.0 Å². The Morgan fingerprint density at radius 3 is 2.55 bits per heavy atom. The molecule has 1 aromatic heterocycles. The quantitative estimate of drug-likeness (QED) is 0.879. The maximum absolute atomic E-state index is 4.65. The Hall–Kier alpha value is -1.68. The maximum Gasteiger partial charge on any atom is 0.151 e. The van der Waals surface area contributed by atoms with Crippen molar-refractivity contribution in [1.29, 1.82) is 0 Å². The summed E-state index contributed by atoms with van der Waals surface area (Å²) in [6, 6.07) is 8.72. The van der Waals surface area contributed by atoms with Gasteiger partial charge >= 0.3 is 0 Å². The molecule has 1 N–H and O–H groups in total. The smallest absolute Gasteiger partial charge is 0.151 e. The number of aryl methyl sites for hydroxylation is 2.